The maximum Gasteiger partial charge on any atom is 0.228 e. The van der Waals surface area contributed by atoms with Gasteiger partial charge in [0.1, 0.15) is 0 Å². The minimum atomic E-state index is 0.0475. The lowest BCUT2D eigenvalue weighted by molar-refractivity contribution is -0.117. The second kappa shape index (κ2) is 6.43. The Morgan fingerprint density at radius 2 is 1.72 bits per heavy atom. The second-order valence-electron chi connectivity index (χ2n) is 6.45. The molecule has 0 radical (unpaired) electrons. The monoisotopic (exact) mass is 332 g/mol. The maximum absolute atomic E-state index is 12.4. The van der Waals surface area contributed by atoms with Gasteiger partial charge in [0.05, 0.1) is 6.20 Å². The van der Waals surface area contributed by atoms with Crippen LogP contribution in [0.2, 0.25) is 0 Å². The SMILES string of the molecule is Cn1cc([C@H]2C[C@H]2C(=O)Nc2ccc(Nc3ccccc3)cc2)cn1. The molecule has 1 fully saturated rings. The van der Waals surface area contributed by atoms with E-state index in [1.165, 1.54) is 0 Å². The maximum atomic E-state index is 12.4. The largest absolute Gasteiger partial charge is 0.356 e. The first-order valence-electron chi connectivity index (χ1n) is 8.40. The molecule has 0 bridgehead atoms. The molecular weight excluding hydrogens is 312 g/mol. The van der Waals surface area contributed by atoms with Gasteiger partial charge in [-0.3, -0.25) is 9.48 Å². The van der Waals surface area contributed by atoms with E-state index >= 15 is 0 Å². The molecule has 1 aromatic heterocycles. The third-order valence-electron chi connectivity index (χ3n) is 4.50. The number of hydrogen-bond acceptors (Lipinski definition) is 3. The Kier molecular flexibility index (Phi) is 3.98. The summed E-state index contributed by atoms with van der Waals surface area (Å²) < 4.78 is 1.78. The number of carbonyl (C=O) groups is 1. The van der Waals surface area contributed by atoms with E-state index in [1.54, 1.807) is 4.68 Å². The Bertz CT molecular complexity index is 870. The molecule has 1 aliphatic rings. The molecule has 4 rings (SSSR count). The molecule has 2 atom stereocenters. The van der Waals surface area contributed by atoms with Crippen molar-refractivity contribution in [1.82, 2.24) is 9.78 Å². The molecule has 2 aromatic carbocycles. The molecule has 1 heterocycles. The fourth-order valence-electron chi connectivity index (χ4n) is 3.04. The van der Waals surface area contributed by atoms with Crippen molar-refractivity contribution >= 4 is 23.0 Å². The smallest absolute Gasteiger partial charge is 0.228 e. The van der Waals surface area contributed by atoms with E-state index in [0.29, 0.717) is 5.92 Å². The van der Waals surface area contributed by atoms with Crippen LogP contribution in [-0.2, 0) is 11.8 Å². The van der Waals surface area contributed by atoms with Gasteiger partial charge in [-0.05, 0) is 54.3 Å². The summed E-state index contributed by atoms with van der Waals surface area (Å²) in [5.74, 6) is 0.427. The van der Waals surface area contributed by atoms with E-state index in [4.69, 9.17) is 0 Å². The number of para-hydroxylation sites is 1. The predicted octanol–water partition coefficient (Wildman–Crippen LogP) is 3.91. The van der Waals surface area contributed by atoms with Crippen LogP contribution in [0.3, 0.4) is 0 Å². The van der Waals surface area contributed by atoms with Crippen LogP contribution >= 0.6 is 0 Å². The molecule has 0 spiro atoms. The number of anilines is 3. The van der Waals surface area contributed by atoms with Crippen molar-refractivity contribution in [2.75, 3.05) is 10.6 Å². The molecule has 0 saturated heterocycles. The first-order valence-corrected chi connectivity index (χ1v) is 8.40. The minimum absolute atomic E-state index is 0.0475. The highest BCUT2D eigenvalue weighted by Gasteiger charge is 2.44. The summed E-state index contributed by atoms with van der Waals surface area (Å²) in [5, 5.41) is 10.5. The van der Waals surface area contributed by atoms with Crippen LogP contribution in [0.1, 0.15) is 17.9 Å². The van der Waals surface area contributed by atoms with Crippen LogP contribution in [0, 0.1) is 5.92 Å². The van der Waals surface area contributed by atoms with Gasteiger partial charge >= 0.3 is 0 Å². The molecule has 126 valence electrons. The standard InChI is InChI=1S/C20H20N4O/c1-24-13-14(12-21-24)18-11-19(18)20(25)23-17-9-7-16(8-10-17)22-15-5-3-2-4-6-15/h2-10,12-13,18-19,22H,11H2,1H3,(H,23,25)/t18-,19-/m1/s1. The number of benzene rings is 2. The Morgan fingerprint density at radius 3 is 2.40 bits per heavy atom. The highest BCUT2D eigenvalue weighted by Crippen LogP contribution is 2.47. The zero-order chi connectivity index (χ0) is 17.2. The van der Waals surface area contributed by atoms with E-state index in [9.17, 15) is 4.79 Å². The molecule has 1 amide bonds. The summed E-state index contributed by atoms with van der Waals surface area (Å²) in [6.45, 7) is 0. The zero-order valence-corrected chi connectivity index (χ0v) is 14.0. The number of nitrogens with zero attached hydrogens (tertiary/aromatic N) is 2. The lowest BCUT2D eigenvalue weighted by atomic mass is 10.2. The fraction of sp³-hybridized carbons (Fsp3) is 0.200. The first kappa shape index (κ1) is 15.4. The van der Waals surface area contributed by atoms with Gasteiger partial charge in [0.25, 0.3) is 0 Å². The Hall–Kier alpha value is -3.08. The number of aromatic nitrogens is 2. The van der Waals surface area contributed by atoms with Gasteiger partial charge in [0, 0.05) is 36.2 Å². The number of hydrogen-bond donors (Lipinski definition) is 2. The molecule has 3 aromatic rings. The zero-order valence-electron chi connectivity index (χ0n) is 14.0. The van der Waals surface area contributed by atoms with Gasteiger partial charge in [-0.25, -0.2) is 0 Å². The molecular formula is C20H20N4O. The van der Waals surface area contributed by atoms with Crippen molar-refractivity contribution in [3.05, 3.63) is 72.6 Å². The van der Waals surface area contributed by atoms with Crippen molar-refractivity contribution in [2.24, 2.45) is 13.0 Å². The molecule has 2 N–H and O–H groups in total. The second-order valence-corrected chi connectivity index (χ2v) is 6.45. The van der Waals surface area contributed by atoms with Crippen molar-refractivity contribution in [2.45, 2.75) is 12.3 Å². The van der Waals surface area contributed by atoms with Crippen molar-refractivity contribution < 1.29 is 4.79 Å². The molecule has 5 nitrogen and oxygen atoms in total. The highest BCUT2D eigenvalue weighted by molar-refractivity contribution is 5.95. The first-order chi connectivity index (χ1) is 12.2. The van der Waals surface area contributed by atoms with Crippen LogP contribution in [0.15, 0.2) is 67.0 Å². The average Bonchev–Trinajstić information content (AvgIpc) is 3.32. The van der Waals surface area contributed by atoms with Crippen LogP contribution in [-0.4, -0.2) is 15.7 Å². The van der Waals surface area contributed by atoms with E-state index in [0.717, 1.165) is 29.0 Å². The summed E-state index contributed by atoms with van der Waals surface area (Å²) >= 11 is 0. The van der Waals surface area contributed by atoms with Gasteiger partial charge in [0.2, 0.25) is 5.91 Å². The van der Waals surface area contributed by atoms with E-state index in [1.807, 2.05) is 74.0 Å². The number of amides is 1. The van der Waals surface area contributed by atoms with E-state index in [2.05, 4.69) is 15.7 Å². The number of carbonyl (C=O) groups excluding carboxylic acids is 1. The summed E-state index contributed by atoms with van der Waals surface area (Å²) in [6, 6.07) is 17.8. The van der Waals surface area contributed by atoms with Gasteiger partial charge < -0.3 is 10.6 Å². The van der Waals surface area contributed by atoms with Gasteiger partial charge in [-0.2, -0.15) is 5.10 Å². The summed E-state index contributed by atoms with van der Waals surface area (Å²) in [4.78, 5) is 12.4. The van der Waals surface area contributed by atoms with E-state index in [-0.39, 0.29) is 11.8 Å². The number of aryl methyl sites for hydroxylation is 1. The van der Waals surface area contributed by atoms with Crippen molar-refractivity contribution in [1.29, 1.82) is 0 Å². The topological polar surface area (TPSA) is 59.0 Å². The van der Waals surface area contributed by atoms with Crippen LogP contribution in [0.5, 0.6) is 0 Å². The third kappa shape index (κ3) is 3.55. The van der Waals surface area contributed by atoms with Gasteiger partial charge in [-0.15, -0.1) is 0 Å². The highest BCUT2D eigenvalue weighted by atomic mass is 16.2. The fourth-order valence-corrected chi connectivity index (χ4v) is 3.04. The minimum Gasteiger partial charge on any atom is -0.356 e. The summed E-state index contributed by atoms with van der Waals surface area (Å²) in [5.41, 5.74) is 3.99. The lowest BCUT2D eigenvalue weighted by Crippen LogP contribution is -2.14. The van der Waals surface area contributed by atoms with Gasteiger partial charge in [-0.1, -0.05) is 18.2 Å². The van der Waals surface area contributed by atoms with Crippen molar-refractivity contribution in [3.63, 3.8) is 0 Å². The molecule has 5 heteroatoms. The van der Waals surface area contributed by atoms with Crippen molar-refractivity contribution in [3.8, 4) is 0 Å². The summed E-state index contributed by atoms with van der Waals surface area (Å²) in [7, 11) is 1.89. The van der Waals surface area contributed by atoms with Crippen LogP contribution < -0.4 is 10.6 Å². The molecule has 0 aliphatic heterocycles. The number of nitrogens with one attached hydrogen (secondary N) is 2. The Balaban J connectivity index is 1.34. The molecule has 1 aliphatic carbocycles. The predicted molar refractivity (Wildman–Crippen MR) is 98.9 cm³/mol. The average molecular weight is 332 g/mol. The molecule has 25 heavy (non-hydrogen) atoms. The Morgan fingerprint density at radius 1 is 1.04 bits per heavy atom. The lowest BCUT2D eigenvalue weighted by Gasteiger charge is -2.08. The van der Waals surface area contributed by atoms with Crippen LogP contribution in [0.25, 0.3) is 0 Å². The van der Waals surface area contributed by atoms with E-state index < -0.39 is 0 Å². The van der Waals surface area contributed by atoms with Crippen LogP contribution in [0.4, 0.5) is 17.1 Å². The van der Waals surface area contributed by atoms with Gasteiger partial charge in [0.15, 0.2) is 0 Å². The molecule has 0 unspecified atom stereocenters. The quantitative estimate of drug-likeness (QED) is 0.745. The third-order valence-corrected chi connectivity index (χ3v) is 4.50. The normalized spacial score (nSPS) is 18.6. The summed E-state index contributed by atoms with van der Waals surface area (Å²) in [6.07, 6.45) is 4.73. The number of rotatable bonds is 5. The Labute approximate surface area is 146 Å². The molecule has 1 saturated carbocycles.